The third-order valence-corrected chi connectivity index (χ3v) is 4.65. The molecule has 0 saturated heterocycles. The molecular formula is C10H14BrNS. The average Bonchev–Trinajstić information content (AvgIpc) is 2.59. The van der Waals surface area contributed by atoms with Gasteiger partial charge in [-0.2, -0.15) is 11.3 Å². The van der Waals surface area contributed by atoms with E-state index in [2.05, 4.69) is 33.6 Å². The number of hydrogen-bond donors (Lipinski definition) is 1. The standard InChI is InChI=1S/C10H14BrNS/c1-7-2-3-10(12,4-7)8-5-13-6-9(8)11/h5-7H,2-4,12H2,1H3. The summed E-state index contributed by atoms with van der Waals surface area (Å²) in [7, 11) is 0. The molecule has 0 spiro atoms. The zero-order valence-corrected chi connectivity index (χ0v) is 10.1. The first-order valence-corrected chi connectivity index (χ1v) is 6.36. The van der Waals surface area contributed by atoms with Crippen LogP contribution in [0.15, 0.2) is 15.2 Å². The predicted octanol–water partition coefficient (Wildman–Crippen LogP) is 3.48. The van der Waals surface area contributed by atoms with Gasteiger partial charge < -0.3 is 5.73 Å². The zero-order chi connectivity index (χ0) is 9.47. The Bertz CT molecular complexity index is 310. The van der Waals surface area contributed by atoms with Gasteiger partial charge in [0.05, 0.1) is 0 Å². The van der Waals surface area contributed by atoms with Crippen molar-refractivity contribution in [1.29, 1.82) is 0 Å². The first-order chi connectivity index (χ1) is 6.12. The first-order valence-electron chi connectivity index (χ1n) is 4.63. The zero-order valence-electron chi connectivity index (χ0n) is 7.72. The van der Waals surface area contributed by atoms with Gasteiger partial charge in [-0.05, 0) is 52.1 Å². The van der Waals surface area contributed by atoms with Gasteiger partial charge >= 0.3 is 0 Å². The van der Waals surface area contributed by atoms with Crippen LogP contribution in [-0.4, -0.2) is 0 Å². The molecule has 0 aliphatic heterocycles. The van der Waals surface area contributed by atoms with Gasteiger partial charge in [-0.1, -0.05) is 6.92 Å². The Labute approximate surface area is 91.5 Å². The lowest BCUT2D eigenvalue weighted by Gasteiger charge is -2.23. The molecule has 1 aliphatic carbocycles. The molecule has 1 aromatic heterocycles. The van der Waals surface area contributed by atoms with Crippen LogP contribution in [-0.2, 0) is 5.54 Å². The molecule has 1 heterocycles. The molecule has 2 unspecified atom stereocenters. The second-order valence-electron chi connectivity index (χ2n) is 4.14. The van der Waals surface area contributed by atoms with Crippen molar-refractivity contribution in [2.75, 3.05) is 0 Å². The van der Waals surface area contributed by atoms with Crippen molar-refractivity contribution in [2.45, 2.75) is 31.7 Å². The van der Waals surface area contributed by atoms with Gasteiger partial charge in [0.2, 0.25) is 0 Å². The lowest BCUT2D eigenvalue weighted by atomic mass is 9.91. The molecule has 0 aromatic carbocycles. The summed E-state index contributed by atoms with van der Waals surface area (Å²) in [6, 6.07) is 0. The van der Waals surface area contributed by atoms with Crippen molar-refractivity contribution in [3.63, 3.8) is 0 Å². The van der Waals surface area contributed by atoms with E-state index >= 15 is 0 Å². The fourth-order valence-electron chi connectivity index (χ4n) is 2.21. The van der Waals surface area contributed by atoms with Crippen molar-refractivity contribution in [3.05, 3.63) is 20.8 Å². The highest BCUT2D eigenvalue weighted by molar-refractivity contribution is 9.10. The van der Waals surface area contributed by atoms with E-state index in [9.17, 15) is 0 Å². The highest BCUT2D eigenvalue weighted by Gasteiger charge is 2.36. The van der Waals surface area contributed by atoms with Gasteiger partial charge in [-0.3, -0.25) is 0 Å². The van der Waals surface area contributed by atoms with Crippen LogP contribution < -0.4 is 5.73 Å². The van der Waals surface area contributed by atoms with Crippen molar-refractivity contribution >= 4 is 27.3 Å². The Morgan fingerprint density at radius 3 is 2.85 bits per heavy atom. The van der Waals surface area contributed by atoms with E-state index in [1.165, 1.54) is 16.5 Å². The molecule has 1 aromatic rings. The molecule has 1 fully saturated rings. The Morgan fingerprint density at radius 1 is 1.62 bits per heavy atom. The molecule has 3 heteroatoms. The van der Waals surface area contributed by atoms with Gasteiger partial charge in [-0.15, -0.1) is 0 Å². The number of hydrogen-bond acceptors (Lipinski definition) is 2. The normalized spacial score (nSPS) is 33.9. The number of thiophene rings is 1. The Kier molecular flexibility index (Phi) is 2.51. The molecule has 0 bridgehead atoms. The highest BCUT2D eigenvalue weighted by Crippen LogP contribution is 2.43. The van der Waals surface area contributed by atoms with Gasteiger partial charge in [0.1, 0.15) is 0 Å². The van der Waals surface area contributed by atoms with Crippen molar-refractivity contribution in [2.24, 2.45) is 11.7 Å². The van der Waals surface area contributed by atoms with E-state index in [1.807, 2.05) is 0 Å². The lowest BCUT2D eigenvalue weighted by Crippen LogP contribution is -2.33. The van der Waals surface area contributed by atoms with Gasteiger partial charge in [-0.25, -0.2) is 0 Å². The third kappa shape index (κ3) is 1.69. The fourth-order valence-corrected chi connectivity index (χ4v) is 4.01. The molecule has 1 nitrogen and oxygen atoms in total. The third-order valence-electron chi connectivity index (χ3n) is 2.95. The van der Waals surface area contributed by atoms with Crippen molar-refractivity contribution < 1.29 is 0 Å². The van der Waals surface area contributed by atoms with Crippen LogP contribution >= 0.6 is 27.3 Å². The molecule has 72 valence electrons. The summed E-state index contributed by atoms with van der Waals surface area (Å²) in [6.45, 7) is 2.29. The van der Waals surface area contributed by atoms with Crippen LogP contribution in [0, 0.1) is 5.92 Å². The molecular weight excluding hydrogens is 246 g/mol. The minimum atomic E-state index is -0.0573. The summed E-state index contributed by atoms with van der Waals surface area (Å²) >= 11 is 5.29. The second kappa shape index (κ2) is 3.37. The maximum atomic E-state index is 6.39. The van der Waals surface area contributed by atoms with Crippen molar-refractivity contribution in [1.82, 2.24) is 0 Å². The van der Waals surface area contributed by atoms with Crippen LogP contribution in [0.25, 0.3) is 0 Å². The van der Waals surface area contributed by atoms with E-state index in [1.54, 1.807) is 11.3 Å². The monoisotopic (exact) mass is 259 g/mol. The summed E-state index contributed by atoms with van der Waals surface area (Å²) in [5.74, 6) is 0.775. The van der Waals surface area contributed by atoms with Crippen LogP contribution in [0.1, 0.15) is 31.7 Å². The summed E-state index contributed by atoms with van der Waals surface area (Å²) in [5.41, 5.74) is 7.64. The number of rotatable bonds is 1. The predicted molar refractivity (Wildman–Crippen MR) is 60.9 cm³/mol. The Hall–Kier alpha value is 0.140. The minimum absolute atomic E-state index is 0.0573. The number of halogens is 1. The topological polar surface area (TPSA) is 26.0 Å². The second-order valence-corrected chi connectivity index (χ2v) is 5.74. The molecule has 13 heavy (non-hydrogen) atoms. The minimum Gasteiger partial charge on any atom is -0.321 e. The highest BCUT2D eigenvalue weighted by atomic mass is 79.9. The summed E-state index contributed by atoms with van der Waals surface area (Å²) < 4.78 is 1.19. The fraction of sp³-hybridized carbons (Fsp3) is 0.600. The van der Waals surface area contributed by atoms with Gasteiger partial charge in [0.25, 0.3) is 0 Å². The Morgan fingerprint density at radius 2 is 2.38 bits per heavy atom. The maximum absolute atomic E-state index is 6.39. The molecule has 2 rings (SSSR count). The Balaban J connectivity index is 2.30. The molecule has 1 aliphatic rings. The smallest absolute Gasteiger partial charge is 0.0431 e. The van der Waals surface area contributed by atoms with Crippen LogP contribution in [0.5, 0.6) is 0 Å². The molecule has 2 atom stereocenters. The first kappa shape index (κ1) is 9.69. The van der Waals surface area contributed by atoms with E-state index in [0.29, 0.717) is 0 Å². The van der Waals surface area contributed by atoms with Crippen LogP contribution in [0.3, 0.4) is 0 Å². The van der Waals surface area contributed by atoms with Crippen LogP contribution in [0.4, 0.5) is 0 Å². The summed E-state index contributed by atoms with van der Waals surface area (Å²) in [4.78, 5) is 0. The van der Waals surface area contributed by atoms with Crippen molar-refractivity contribution in [3.8, 4) is 0 Å². The summed E-state index contributed by atoms with van der Waals surface area (Å²) in [6.07, 6.45) is 3.52. The number of nitrogens with two attached hydrogens (primary N) is 1. The van der Waals surface area contributed by atoms with E-state index < -0.39 is 0 Å². The molecule has 0 radical (unpaired) electrons. The molecule has 1 saturated carbocycles. The lowest BCUT2D eigenvalue weighted by molar-refractivity contribution is 0.440. The van der Waals surface area contributed by atoms with Gasteiger partial charge in [0, 0.05) is 15.4 Å². The van der Waals surface area contributed by atoms with Crippen LogP contribution in [0.2, 0.25) is 0 Å². The van der Waals surface area contributed by atoms with E-state index in [4.69, 9.17) is 5.73 Å². The largest absolute Gasteiger partial charge is 0.321 e. The van der Waals surface area contributed by atoms with Gasteiger partial charge in [0.15, 0.2) is 0 Å². The quantitative estimate of drug-likeness (QED) is 0.821. The van der Waals surface area contributed by atoms with E-state index in [0.717, 1.165) is 18.8 Å². The molecule has 0 amide bonds. The maximum Gasteiger partial charge on any atom is 0.0431 e. The SMILES string of the molecule is CC1CCC(N)(c2cscc2Br)C1. The molecule has 2 N–H and O–H groups in total. The summed E-state index contributed by atoms with van der Waals surface area (Å²) in [5, 5.41) is 4.30. The van der Waals surface area contributed by atoms with E-state index in [-0.39, 0.29) is 5.54 Å². The average molecular weight is 260 g/mol.